The van der Waals surface area contributed by atoms with Crippen LogP contribution in [0, 0.1) is 0 Å². The van der Waals surface area contributed by atoms with E-state index in [1.807, 2.05) is 6.92 Å². The molecule has 70 valence electrons. The van der Waals surface area contributed by atoms with Gasteiger partial charge in [-0.15, -0.1) is 0 Å². The Balaban J connectivity index is 2.49. The number of methoxy groups -OCH3 is 1. The third kappa shape index (κ3) is 1.75. The first-order valence-corrected chi connectivity index (χ1v) is 4.66. The summed E-state index contributed by atoms with van der Waals surface area (Å²) in [5.74, 6) is -0.0289. The molecule has 0 spiro atoms. The van der Waals surface area contributed by atoms with Crippen LogP contribution >= 0.6 is 12.6 Å². The number of ether oxygens (including phenoxy) is 1. The van der Waals surface area contributed by atoms with Crippen LogP contribution in [0.4, 0.5) is 0 Å². The van der Waals surface area contributed by atoms with Crippen LogP contribution in [0.2, 0.25) is 0 Å². The van der Waals surface area contributed by atoms with E-state index in [0.717, 1.165) is 19.3 Å². The van der Waals surface area contributed by atoms with Gasteiger partial charge >= 0.3 is 0 Å². The molecular formula is C8H15NO2S. The van der Waals surface area contributed by atoms with Crippen LogP contribution in [0.3, 0.4) is 0 Å². The Labute approximate surface area is 78.3 Å². The minimum Gasteiger partial charge on any atom is -0.368 e. The Bertz CT molecular complexity index is 172. The average molecular weight is 189 g/mol. The largest absolute Gasteiger partial charge is 0.368 e. The Kier molecular flexibility index (Phi) is 3.01. The molecule has 1 fully saturated rings. The molecule has 0 aromatic heterocycles. The molecular weight excluding hydrogens is 174 g/mol. The van der Waals surface area contributed by atoms with Crippen LogP contribution in [0.25, 0.3) is 0 Å². The van der Waals surface area contributed by atoms with Crippen molar-refractivity contribution in [1.82, 2.24) is 5.32 Å². The van der Waals surface area contributed by atoms with Gasteiger partial charge in [0.1, 0.15) is 5.60 Å². The predicted molar refractivity (Wildman–Crippen MR) is 50.2 cm³/mol. The van der Waals surface area contributed by atoms with Gasteiger partial charge in [0.15, 0.2) is 0 Å². The highest BCUT2D eigenvalue weighted by molar-refractivity contribution is 7.80. The fraction of sp³-hybridized carbons (Fsp3) is 0.875. The first-order valence-electron chi connectivity index (χ1n) is 4.15. The quantitative estimate of drug-likeness (QED) is 0.512. The monoisotopic (exact) mass is 189 g/mol. The molecule has 3 nitrogen and oxygen atoms in total. The van der Waals surface area contributed by atoms with Crippen LogP contribution < -0.4 is 5.32 Å². The number of hydrogen-bond acceptors (Lipinski definition) is 3. The van der Waals surface area contributed by atoms with Gasteiger partial charge in [-0.25, -0.2) is 0 Å². The molecule has 1 aliphatic rings. The summed E-state index contributed by atoms with van der Waals surface area (Å²) in [5.41, 5.74) is -0.545. The number of amides is 1. The molecule has 1 rings (SSSR count). The van der Waals surface area contributed by atoms with Crippen LogP contribution in [0.5, 0.6) is 0 Å². The number of rotatable bonds is 3. The smallest absolute Gasteiger partial charge is 0.253 e. The number of carbonyl (C=O) groups is 1. The number of hydrogen-bond donors (Lipinski definition) is 2. The SMILES string of the molecule is COC1(C(=O)N[C@H](C)S)CCC1. The topological polar surface area (TPSA) is 38.3 Å². The van der Waals surface area contributed by atoms with Crippen LogP contribution in [-0.2, 0) is 9.53 Å². The van der Waals surface area contributed by atoms with Crippen molar-refractivity contribution in [1.29, 1.82) is 0 Å². The molecule has 1 saturated carbocycles. The summed E-state index contributed by atoms with van der Waals surface area (Å²) in [4.78, 5) is 11.5. The van der Waals surface area contributed by atoms with Gasteiger partial charge in [0, 0.05) is 7.11 Å². The summed E-state index contributed by atoms with van der Waals surface area (Å²) in [6.45, 7) is 1.82. The van der Waals surface area contributed by atoms with Crippen LogP contribution in [-0.4, -0.2) is 24.0 Å². The number of nitrogens with one attached hydrogen (secondary N) is 1. The molecule has 1 aliphatic carbocycles. The highest BCUT2D eigenvalue weighted by Gasteiger charge is 2.44. The predicted octanol–water partition coefficient (Wildman–Crippen LogP) is 0.948. The van der Waals surface area contributed by atoms with Crippen molar-refractivity contribution < 1.29 is 9.53 Å². The van der Waals surface area contributed by atoms with Crippen molar-refractivity contribution >= 4 is 18.5 Å². The normalized spacial score (nSPS) is 22.6. The second-order valence-corrected chi connectivity index (χ2v) is 3.98. The van der Waals surface area contributed by atoms with Crippen molar-refractivity contribution in [2.24, 2.45) is 0 Å². The lowest BCUT2D eigenvalue weighted by molar-refractivity contribution is -0.154. The fourth-order valence-corrected chi connectivity index (χ4v) is 1.46. The van der Waals surface area contributed by atoms with E-state index < -0.39 is 5.60 Å². The highest BCUT2D eigenvalue weighted by Crippen LogP contribution is 2.35. The third-order valence-corrected chi connectivity index (χ3v) is 2.43. The molecule has 0 unspecified atom stereocenters. The van der Waals surface area contributed by atoms with E-state index in [2.05, 4.69) is 17.9 Å². The zero-order valence-corrected chi connectivity index (χ0v) is 8.36. The van der Waals surface area contributed by atoms with Gasteiger partial charge in [-0.05, 0) is 26.2 Å². The maximum atomic E-state index is 11.5. The Morgan fingerprint density at radius 3 is 2.50 bits per heavy atom. The van der Waals surface area contributed by atoms with Crippen LogP contribution in [0.1, 0.15) is 26.2 Å². The van der Waals surface area contributed by atoms with Gasteiger partial charge in [-0.3, -0.25) is 4.79 Å². The van der Waals surface area contributed by atoms with E-state index in [1.165, 1.54) is 0 Å². The summed E-state index contributed by atoms with van der Waals surface area (Å²) in [6, 6.07) is 0. The summed E-state index contributed by atoms with van der Waals surface area (Å²) >= 11 is 4.08. The van der Waals surface area contributed by atoms with E-state index in [-0.39, 0.29) is 11.3 Å². The molecule has 0 aromatic rings. The van der Waals surface area contributed by atoms with Crippen molar-refractivity contribution in [3.63, 3.8) is 0 Å². The second-order valence-electron chi connectivity index (χ2n) is 3.20. The van der Waals surface area contributed by atoms with Gasteiger partial charge in [0.2, 0.25) is 0 Å². The van der Waals surface area contributed by atoms with E-state index >= 15 is 0 Å². The lowest BCUT2D eigenvalue weighted by Crippen LogP contribution is -2.54. The molecule has 0 aromatic carbocycles. The van der Waals surface area contributed by atoms with Gasteiger partial charge in [-0.2, -0.15) is 12.6 Å². The maximum Gasteiger partial charge on any atom is 0.253 e. The molecule has 1 N–H and O–H groups in total. The first kappa shape index (κ1) is 9.86. The minimum absolute atomic E-state index is 0.0289. The standard InChI is InChI=1S/C8H15NO2S/c1-6(12)9-7(10)8(11-2)4-3-5-8/h6,12H,3-5H2,1-2H3,(H,9,10)/t6-/m0/s1. The molecule has 0 aliphatic heterocycles. The average Bonchev–Trinajstić information content (AvgIpc) is 1.83. The van der Waals surface area contributed by atoms with Crippen LogP contribution in [0.15, 0.2) is 0 Å². The summed E-state index contributed by atoms with van der Waals surface area (Å²) in [6.07, 6.45) is 2.73. The second kappa shape index (κ2) is 3.66. The summed E-state index contributed by atoms with van der Waals surface area (Å²) < 4.78 is 5.19. The van der Waals surface area contributed by atoms with E-state index in [4.69, 9.17) is 4.74 Å². The first-order chi connectivity index (χ1) is 5.60. The lowest BCUT2D eigenvalue weighted by atomic mass is 9.79. The zero-order chi connectivity index (χ0) is 9.19. The number of thiol groups is 1. The molecule has 12 heavy (non-hydrogen) atoms. The molecule has 0 radical (unpaired) electrons. The Morgan fingerprint density at radius 1 is 1.67 bits per heavy atom. The van der Waals surface area contributed by atoms with Crippen molar-refractivity contribution in [2.45, 2.75) is 37.2 Å². The zero-order valence-electron chi connectivity index (χ0n) is 7.46. The van der Waals surface area contributed by atoms with E-state index in [9.17, 15) is 4.79 Å². The Morgan fingerprint density at radius 2 is 2.25 bits per heavy atom. The van der Waals surface area contributed by atoms with E-state index in [1.54, 1.807) is 7.11 Å². The molecule has 0 saturated heterocycles. The van der Waals surface area contributed by atoms with Gasteiger partial charge in [0.05, 0.1) is 5.37 Å². The molecule has 0 heterocycles. The molecule has 1 amide bonds. The third-order valence-electron chi connectivity index (χ3n) is 2.31. The summed E-state index contributed by atoms with van der Waals surface area (Å²) in [5, 5.41) is 2.63. The van der Waals surface area contributed by atoms with Crippen molar-refractivity contribution in [2.75, 3.05) is 7.11 Å². The number of carbonyl (C=O) groups excluding carboxylic acids is 1. The van der Waals surface area contributed by atoms with Gasteiger partial charge < -0.3 is 10.1 Å². The fourth-order valence-electron chi connectivity index (χ4n) is 1.34. The molecule has 1 atom stereocenters. The molecule has 0 bridgehead atoms. The highest BCUT2D eigenvalue weighted by atomic mass is 32.1. The summed E-state index contributed by atoms with van der Waals surface area (Å²) in [7, 11) is 1.59. The lowest BCUT2D eigenvalue weighted by Gasteiger charge is -2.38. The Hall–Kier alpha value is -0.220. The van der Waals surface area contributed by atoms with Crippen molar-refractivity contribution in [3.8, 4) is 0 Å². The van der Waals surface area contributed by atoms with Gasteiger partial charge in [0.25, 0.3) is 5.91 Å². The minimum atomic E-state index is -0.545. The van der Waals surface area contributed by atoms with Crippen molar-refractivity contribution in [3.05, 3.63) is 0 Å². The van der Waals surface area contributed by atoms with Gasteiger partial charge in [-0.1, -0.05) is 0 Å². The van der Waals surface area contributed by atoms with E-state index in [0.29, 0.717) is 0 Å². The molecule has 4 heteroatoms. The maximum absolute atomic E-state index is 11.5.